The Balaban J connectivity index is 3.19. The van der Waals surface area contributed by atoms with Gasteiger partial charge in [0.15, 0.2) is 0 Å². The summed E-state index contributed by atoms with van der Waals surface area (Å²) < 4.78 is 9.80. The summed E-state index contributed by atoms with van der Waals surface area (Å²) in [5.41, 5.74) is 0. The fourth-order valence-corrected chi connectivity index (χ4v) is 0.696. The Morgan fingerprint density at radius 1 is 1.42 bits per heavy atom. The molecule has 0 bridgehead atoms. The Morgan fingerprint density at radius 3 is 2.58 bits per heavy atom. The number of allylic oxidation sites excluding steroid dienone is 1. The predicted molar refractivity (Wildman–Crippen MR) is 46.6 cm³/mol. The monoisotopic (exact) mass is 172 g/mol. The highest BCUT2D eigenvalue weighted by Gasteiger charge is 2.00. The van der Waals surface area contributed by atoms with Crippen molar-refractivity contribution in [2.75, 3.05) is 13.2 Å². The summed E-state index contributed by atoms with van der Waals surface area (Å²) in [6, 6.07) is 0. The predicted octanol–water partition coefficient (Wildman–Crippen LogP) is 1.88. The lowest BCUT2D eigenvalue weighted by molar-refractivity contribution is -0.143. The van der Waals surface area contributed by atoms with Crippen LogP contribution in [0.25, 0.3) is 0 Å². The maximum absolute atomic E-state index is 10.8. The number of hydrogen-bond acceptors (Lipinski definition) is 3. The van der Waals surface area contributed by atoms with Crippen molar-refractivity contribution in [1.82, 2.24) is 0 Å². The molecule has 0 aliphatic rings. The van der Waals surface area contributed by atoms with Crippen LogP contribution in [0.1, 0.15) is 26.7 Å². The third-order valence-electron chi connectivity index (χ3n) is 1.18. The van der Waals surface area contributed by atoms with Gasteiger partial charge in [-0.15, -0.1) is 0 Å². The molecule has 0 aliphatic carbocycles. The van der Waals surface area contributed by atoms with E-state index in [0.29, 0.717) is 31.8 Å². The van der Waals surface area contributed by atoms with Crippen molar-refractivity contribution in [2.24, 2.45) is 0 Å². The van der Waals surface area contributed by atoms with E-state index in [0.717, 1.165) is 0 Å². The second-order valence-electron chi connectivity index (χ2n) is 2.46. The summed E-state index contributed by atoms with van der Waals surface area (Å²) in [7, 11) is 0. The van der Waals surface area contributed by atoms with Gasteiger partial charge in [-0.1, -0.05) is 6.58 Å². The number of carbonyl (C=O) groups is 1. The van der Waals surface area contributed by atoms with Gasteiger partial charge in [0.25, 0.3) is 0 Å². The Hall–Kier alpha value is -0.990. The van der Waals surface area contributed by atoms with Crippen LogP contribution in [-0.2, 0) is 14.3 Å². The first kappa shape index (κ1) is 11.0. The molecular formula is C9H16O3. The second kappa shape index (κ2) is 6.70. The Labute approximate surface area is 73.4 Å². The molecule has 0 heterocycles. The number of hydrogen-bond donors (Lipinski definition) is 0. The maximum atomic E-state index is 10.8. The first-order chi connectivity index (χ1) is 5.66. The minimum Gasteiger partial charge on any atom is -0.499 e. The highest BCUT2D eigenvalue weighted by molar-refractivity contribution is 5.69. The molecule has 12 heavy (non-hydrogen) atoms. The highest BCUT2D eigenvalue weighted by Crippen LogP contribution is 1.97. The van der Waals surface area contributed by atoms with E-state index >= 15 is 0 Å². The van der Waals surface area contributed by atoms with Gasteiger partial charge >= 0.3 is 5.97 Å². The summed E-state index contributed by atoms with van der Waals surface area (Å²) in [6.45, 7) is 8.13. The maximum Gasteiger partial charge on any atom is 0.305 e. The molecule has 0 aromatic rings. The van der Waals surface area contributed by atoms with E-state index in [1.54, 1.807) is 13.8 Å². The minimum absolute atomic E-state index is 0.164. The second-order valence-corrected chi connectivity index (χ2v) is 2.46. The molecular weight excluding hydrogens is 156 g/mol. The van der Waals surface area contributed by atoms with E-state index in [1.807, 2.05) is 0 Å². The molecule has 0 unspecified atom stereocenters. The summed E-state index contributed by atoms with van der Waals surface area (Å²) in [4.78, 5) is 10.8. The van der Waals surface area contributed by atoms with E-state index in [2.05, 4.69) is 6.58 Å². The molecule has 0 aromatic carbocycles. The van der Waals surface area contributed by atoms with Crippen LogP contribution in [0.2, 0.25) is 0 Å². The lowest BCUT2D eigenvalue weighted by Crippen LogP contribution is -2.05. The number of ether oxygens (including phenoxy) is 2. The molecule has 0 saturated heterocycles. The highest BCUT2D eigenvalue weighted by atomic mass is 16.5. The molecule has 0 fully saturated rings. The SMILES string of the molecule is C=C(C)OCCCC(=O)OCC. The molecule has 0 spiro atoms. The summed E-state index contributed by atoms with van der Waals surface area (Å²) in [5.74, 6) is 0.515. The lowest BCUT2D eigenvalue weighted by atomic mass is 10.3. The number of esters is 1. The Morgan fingerprint density at radius 2 is 2.08 bits per heavy atom. The first-order valence-corrected chi connectivity index (χ1v) is 4.10. The number of carbonyl (C=O) groups excluding carboxylic acids is 1. The van der Waals surface area contributed by atoms with Gasteiger partial charge in [-0.3, -0.25) is 4.79 Å². The molecule has 70 valence electrons. The molecule has 0 aliphatic heterocycles. The van der Waals surface area contributed by atoms with Crippen molar-refractivity contribution >= 4 is 5.97 Å². The van der Waals surface area contributed by atoms with Gasteiger partial charge in [-0.05, 0) is 20.3 Å². The van der Waals surface area contributed by atoms with Gasteiger partial charge in [0.1, 0.15) is 0 Å². The Bertz CT molecular complexity index is 152. The smallest absolute Gasteiger partial charge is 0.305 e. The van der Waals surface area contributed by atoms with Gasteiger partial charge in [0.2, 0.25) is 0 Å². The Kier molecular flexibility index (Phi) is 6.15. The quantitative estimate of drug-likeness (QED) is 0.348. The zero-order valence-corrected chi connectivity index (χ0v) is 7.76. The van der Waals surface area contributed by atoms with E-state index in [4.69, 9.17) is 9.47 Å². The molecule has 3 heteroatoms. The summed E-state index contributed by atoms with van der Waals surface area (Å²) >= 11 is 0. The van der Waals surface area contributed by atoms with Crippen LogP contribution in [0.5, 0.6) is 0 Å². The van der Waals surface area contributed by atoms with Crippen LogP contribution in [0.4, 0.5) is 0 Å². The lowest BCUT2D eigenvalue weighted by Gasteiger charge is -2.04. The largest absolute Gasteiger partial charge is 0.499 e. The molecule has 0 aromatic heterocycles. The van der Waals surface area contributed by atoms with Crippen molar-refractivity contribution in [1.29, 1.82) is 0 Å². The molecule has 0 radical (unpaired) electrons. The number of rotatable bonds is 6. The van der Waals surface area contributed by atoms with E-state index in [9.17, 15) is 4.79 Å². The van der Waals surface area contributed by atoms with Gasteiger partial charge in [-0.2, -0.15) is 0 Å². The fourth-order valence-electron chi connectivity index (χ4n) is 0.696. The fraction of sp³-hybridized carbons (Fsp3) is 0.667. The van der Waals surface area contributed by atoms with Gasteiger partial charge < -0.3 is 9.47 Å². The van der Waals surface area contributed by atoms with Crippen molar-refractivity contribution < 1.29 is 14.3 Å². The average molecular weight is 172 g/mol. The van der Waals surface area contributed by atoms with Crippen LogP contribution in [0, 0.1) is 0 Å². The molecule has 0 rings (SSSR count). The summed E-state index contributed by atoms with van der Waals surface area (Å²) in [5, 5.41) is 0. The first-order valence-electron chi connectivity index (χ1n) is 4.10. The van der Waals surface area contributed by atoms with Crippen molar-refractivity contribution in [2.45, 2.75) is 26.7 Å². The molecule has 0 saturated carbocycles. The topological polar surface area (TPSA) is 35.5 Å². The average Bonchev–Trinajstić information content (AvgIpc) is 1.98. The van der Waals surface area contributed by atoms with E-state index in [1.165, 1.54) is 0 Å². The molecule has 3 nitrogen and oxygen atoms in total. The van der Waals surface area contributed by atoms with Crippen LogP contribution >= 0.6 is 0 Å². The van der Waals surface area contributed by atoms with Gasteiger partial charge in [0.05, 0.1) is 19.0 Å². The van der Waals surface area contributed by atoms with Gasteiger partial charge in [-0.25, -0.2) is 0 Å². The van der Waals surface area contributed by atoms with Crippen molar-refractivity contribution in [3.63, 3.8) is 0 Å². The van der Waals surface area contributed by atoms with E-state index < -0.39 is 0 Å². The van der Waals surface area contributed by atoms with E-state index in [-0.39, 0.29) is 5.97 Å². The zero-order chi connectivity index (χ0) is 9.40. The standard InChI is InChI=1S/C9H16O3/c1-4-11-9(10)6-5-7-12-8(2)3/h2,4-7H2,1,3H3. The van der Waals surface area contributed by atoms with Crippen LogP contribution in [0.15, 0.2) is 12.3 Å². The van der Waals surface area contributed by atoms with Gasteiger partial charge in [0, 0.05) is 6.42 Å². The minimum atomic E-state index is -0.164. The normalized spacial score (nSPS) is 9.17. The third kappa shape index (κ3) is 7.12. The van der Waals surface area contributed by atoms with Crippen LogP contribution < -0.4 is 0 Å². The molecule has 0 N–H and O–H groups in total. The van der Waals surface area contributed by atoms with Crippen molar-refractivity contribution in [3.05, 3.63) is 12.3 Å². The molecule has 0 amide bonds. The van der Waals surface area contributed by atoms with Crippen LogP contribution in [0.3, 0.4) is 0 Å². The zero-order valence-electron chi connectivity index (χ0n) is 7.76. The summed E-state index contributed by atoms with van der Waals surface area (Å²) in [6.07, 6.45) is 1.10. The van der Waals surface area contributed by atoms with Crippen LogP contribution in [-0.4, -0.2) is 19.2 Å². The molecule has 0 atom stereocenters. The third-order valence-corrected chi connectivity index (χ3v) is 1.18. The van der Waals surface area contributed by atoms with Crippen molar-refractivity contribution in [3.8, 4) is 0 Å².